The summed E-state index contributed by atoms with van der Waals surface area (Å²) in [4.78, 5) is 4.74. The molecular weight excluding hydrogens is 637 g/mol. The normalized spacial score (nSPS) is 12.2. The molecule has 0 saturated carbocycles. The van der Waals surface area contributed by atoms with E-state index in [9.17, 15) is 0 Å². The highest BCUT2D eigenvalue weighted by Crippen LogP contribution is 2.45. The van der Waals surface area contributed by atoms with Crippen LogP contribution in [-0.4, -0.2) is 19.3 Å². The predicted octanol–water partition coefficient (Wildman–Crippen LogP) is 12.6. The lowest BCUT2D eigenvalue weighted by Crippen LogP contribution is -2.23. The molecule has 0 amide bonds. The van der Waals surface area contributed by atoms with Crippen molar-refractivity contribution < 1.29 is 4.74 Å². The maximum atomic E-state index is 6.59. The van der Waals surface area contributed by atoms with Crippen LogP contribution >= 0.6 is 0 Å². The summed E-state index contributed by atoms with van der Waals surface area (Å²) in [6.07, 6.45) is 10.5. The molecule has 0 spiro atoms. The number of fused-ring (bicyclic) bond motifs is 3. The number of ether oxygens (including phenoxy) is 1. The molecule has 52 heavy (non-hydrogen) atoms. The Morgan fingerprint density at radius 2 is 1.35 bits per heavy atom. The Hall–Kier alpha value is -5.16. The third-order valence-electron chi connectivity index (χ3n) is 9.99. The summed E-state index contributed by atoms with van der Waals surface area (Å²) in [5, 5.41) is 7.33. The molecule has 5 heteroatoms. The molecule has 0 bridgehead atoms. The van der Waals surface area contributed by atoms with Gasteiger partial charge in [-0.25, -0.2) is 9.67 Å². The van der Waals surface area contributed by atoms with Crippen LogP contribution in [0.5, 0.6) is 11.5 Å². The van der Waals surface area contributed by atoms with Gasteiger partial charge in [0.05, 0.1) is 22.9 Å². The second-order valence-electron chi connectivity index (χ2n) is 16.3. The van der Waals surface area contributed by atoms with Gasteiger partial charge in [-0.15, -0.1) is 0 Å². The third-order valence-corrected chi connectivity index (χ3v) is 9.99. The number of aryl methyl sites for hydroxylation is 3. The van der Waals surface area contributed by atoms with Gasteiger partial charge < -0.3 is 4.74 Å². The quantitative estimate of drug-likeness (QED) is 0.152. The first-order chi connectivity index (χ1) is 24.9. The minimum atomic E-state index is -0.0251. The summed E-state index contributed by atoms with van der Waals surface area (Å²) in [5.74, 6) is 2.42. The Bertz CT molecular complexity index is 2350. The molecule has 0 aliphatic rings. The molecule has 0 radical (unpaired) electrons. The molecule has 3 heterocycles. The zero-order chi connectivity index (χ0) is 36.8. The van der Waals surface area contributed by atoms with Gasteiger partial charge >= 0.3 is 0 Å². The lowest BCUT2D eigenvalue weighted by atomic mass is 9.70. The van der Waals surface area contributed by atoms with Gasteiger partial charge in [0.2, 0.25) is 0 Å². The van der Waals surface area contributed by atoms with E-state index in [0.717, 1.165) is 59.7 Å². The second-order valence-corrected chi connectivity index (χ2v) is 16.3. The van der Waals surface area contributed by atoms with Crippen LogP contribution in [0.1, 0.15) is 96.0 Å². The largest absolute Gasteiger partial charge is 0.457 e. The van der Waals surface area contributed by atoms with E-state index in [-0.39, 0.29) is 10.8 Å². The van der Waals surface area contributed by atoms with Crippen molar-refractivity contribution >= 4 is 21.8 Å². The number of nitrogens with zero attached hydrogens (tertiary/aromatic N) is 4. The summed E-state index contributed by atoms with van der Waals surface area (Å²) in [5.41, 5.74) is 12.6. The van der Waals surface area contributed by atoms with Gasteiger partial charge in [0.1, 0.15) is 17.3 Å². The van der Waals surface area contributed by atoms with Crippen LogP contribution in [-0.2, 0) is 23.7 Å². The van der Waals surface area contributed by atoms with E-state index < -0.39 is 0 Å². The van der Waals surface area contributed by atoms with E-state index in [1.54, 1.807) is 0 Å². The maximum absolute atomic E-state index is 6.59. The Kier molecular flexibility index (Phi) is 9.33. The summed E-state index contributed by atoms with van der Waals surface area (Å²) in [6.45, 7) is 20.8. The Balaban J connectivity index is 1.29. The zero-order valence-corrected chi connectivity index (χ0v) is 32.3. The third kappa shape index (κ3) is 6.65. The molecule has 7 rings (SSSR count). The van der Waals surface area contributed by atoms with Crippen molar-refractivity contribution in [1.29, 1.82) is 0 Å². The van der Waals surface area contributed by atoms with Crippen LogP contribution < -0.4 is 4.74 Å². The number of benzene rings is 4. The Morgan fingerprint density at radius 1 is 0.673 bits per heavy atom. The van der Waals surface area contributed by atoms with Crippen molar-refractivity contribution in [2.24, 2.45) is 0 Å². The zero-order valence-electron chi connectivity index (χ0n) is 32.3. The molecular formula is C47H52N4O. The fourth-order valence-corrected chi connectivity index (χ4v) is 8.06. The van der Waals surface area contributed by atoms with Gasteiger partial charge in [-0.2, -0.15) is 5.10 Å². The first kappa shape index (κ1) is 35.3. The molecule has 0 N–H and O–H groups in total. The van der Waals surface area contributed by atoms with Gasteiger partial charge in [-0.1, -0.05) is 98.6 Å². The molecule has 7 aromatic rings. The first-order valence-electron chi connectivity index (χ1n) is 18.9. The molecule has 0 aliphatic heterocycles. The van der Waals surface area contributed by atoms with Crippen molar-refractivity contribution in [2.75, 3.05) is 0 Å². The number of hydrogen-bond acceptors (Lipinski definition) is 3. The van der Waals surface area contributed by atoms with Crippen molar-refractivity contribution in [3.05, 3.63) is 131 Å². The monoisotopic (exact) mass is 688 g/mol. The lowest BCUT2D eigenvalue weighted by molar-refractivity contribution is 0.483. The van der Waals surface area contributed by atoms with Crippen molar-refractivity contribution in [3.8, 4) is 34.1 Å². The highest BCUT2D eigenvalue weighted by Gasteiger charge is 2.31. The predicted molar refractivity (Wildman–Crippen MR) is 218 cm³/mol. The highest BCUT2D eigenvalue weighted by atomic mass is 16.5. The molecule has 0 saturated heterocycles. The maximum Gasteiger partial charge on any atom is 0.137 e. The fraction of sp³-hybridized carbons (Fsp3) is 0.319. The average molecular weight is 689 g/mol. The van der Waals surface area contributed by atoms with Gasteiger partial charge in [0.15, 0.2) is 0 Å². The first-order valence-corrected chi connectivity index (χ1v) is 18.9. The van der Waals surface area contributed by atoms with Gasteiger partial charge in [-0.3, -0.25) is 4.57 Å². The van der Waals surface area contributed by atoms with Crippen molar-refractivity contribution in [2.45, 2.75) is 98.8 Å². The summed E-state index contributed by atoms with van der Waals surface area (Å²) < 4.78 is 10.8. The van der Waals surface area contributed by atoms with E-state index in [2.05, 4.69) is 146 Å². The minimum Gasteiger partial charge on any atom is -0.457 e. The van der Waals surface area contributed by atoms with Crippen LogP contribution in [0.4, 0.5) is 0 Å². The molecule has 3 aromatic heterocycles. The molecule has 4 aromatic carbocycles. The molecule has 0 fully saturated rings. The van der Waals surface area contributed by atoms with E-state index in [0.29, 0.717) is 0 Å². The minimum absolute atomic E-state index is 0.0251. The topological polar surface area (TPSA) is 44.9 Å². The SMILES string of the molecule is CCCc1cc(CCC)c(C(C)(C)C)c(-c2cnn(-c3cccc(Oc4ccc5c6ccccc6n(-c6cc(C)ccn6)c5c4)c3)c2)c1C(C)(C)C. The van der Waals surface area contributed by atoms with E-state index >= 15 is 0 Å². The Morgan fingerprint density at radius 3 is 2.02 bits per heavy atom. The van der Waals surface area contributed by atoms with Crippen molar-refractivity contribution in [1.82, 2.24) is 19.3 Å². The van der Waals surface area contributed by atoms with Crippen LogP contribution in [0.15, 0.2) is 104 Å². The van der Waals surface area contributed by atoms with E-state index in [4.69, 9.17) is 14.8 Å². The van der Waals surface area contributed by atoms with Crippen molar-refractivity contribution in [3.63, 3.8) is 0 Å². The van der Waals surface area contributed by atoms with E-state index in [1.165, 1.54) is 49.7 Å². The molecule has 266 valence electrons. The number of hydrogen-bond donors (Lipinski definition) is 0. The molecule has 5 nitrogen and oxygen atoms in total. The Labute approximate surface area is 309 Å². The number of para-hydroxylation sites is 1. The summed E-state index contributed by atoms with van der Waals surface area (Å²) in [6, 6.07) is 29.7. The lowest BCUT2D eigenvalue weighted by Gasteiger charge is -2.34. The smallest absolute Gasteiger partial charge is 0.137 e. The summed E-state index contributed by atoms with van der Waals surface area (Å²) >= 11 is 0. The molecule has 0 atom stereocenters. The number of aromatic nitrogens is 4. The van der Waals surface area contributed by atoms with Crippen LogP contribution in [0.2, 0.25) is 0 Å². The number of rotatable bonds is 9. The fourth-order valence-electron chi connectivity index (χ4n) is 8.06. The summed E-state index contributed by atoms with van der Waals surface area (Å²) in [7, 11) is 0. The van der Waals surface area contributed by atoms with Crippen LogP contribution in [0.25, 0.3) is 44.4 Å². The van der Waals surface area contributed by atoms with Crippen LogP contribution in [0, 0.1) is 6.92 Å². The van der Waals surface area contributed by atoms with Gasteiger partial charge in [-0.05, 0) is 106 Å². The standard InChI is InChI=1S/C47H52N4O/c1-10-15-32-26-33(16-11-2)45(47(7,8)9)43(44(32)46(4,5)6)34-29-49-50(30-34)35-17-14-18-36(27-35)52-37-21-22-39-38-19-12-13-20-40(38)51(41(39)28-37)42-25-31(3)23-24-48-42/h12-14,17-30H,10-11,15-16H2,1-9H3. The average Bonchev–Trinajstić information content (AvgIpc) is 3.71. The van der Waals surface area contributed by atoms with Gasteiger partial charge in [0.25, 0.3) is 0 Å². The number of pyridine rings is 1. The second kappa shape index (κ2) is 13.8. The van der Waals surface area contributed by atoms with Crippen LogP contribution in [0.3, 0.4) is 0 Å². The van der Waals surface area contributed by atoms with Gasteiger partial charge in [0, 0.05) is 40.9 Å². The van der Waals surface area contributed by atoms with E-state index in [1.807, 2.05) is 29.1 Å². The molecule has 0 unspecified atom stereocenters. The highest BCUT2D eigenvalue weighted by molar-refractivity contribution is 6.09. The molecule has 0 aliphatic carbocycles.